The van der Waals surface area contributed by atoms with Gasteiger partial charge in [0.05, 0.1) is 0 Å². The highest BCUT2D eigenvalue weighted by Gasteiger charge is 2.22. The Labute approximate surface area is 66.5 Å². The molecule has 0 rings (SSSR count). The maximum atomic E-state index is 11.0. The molecule has 0 amide bonds. The summed E-state index contributed by atoms with van der Waals surface area (Å²) >= 11 is 0. The fraction of sp³-hybridized carbons (Fsp3) is 0.571. The van der Waals surface area contributed by atoms with Crippen molar-refractivity contribution >= 4 is 12.9 Å². The first-order valence-corrected chi connectivity index (χ1v) is 5.70. The zero-order valence-electron chi connectivity index (χ0n) is 6.83. The summed E-state index contributed by atoms with van der Waals surface area (Å²) in [5, 5.41) is 0. The molecule has 0 saturated heterocycles. The average Bonchev–Trinajstić information content (AvgIpc) is 1.85. The Hall–Kier alpha value is -0.740. The summed E-state index contributed by atoms with van der Waals surface area (Å²) in [6, 6.07) is 0. The van der Waals surface area contributed by atoms with E-state index >= 15 is 0 Å². The third kappa shape index (κ3) is 3.85. The van der Waals surface area contributed by atoms with Crippen LogP contribution in [-0.4, -0.2) is 25.1 Å². The number of hydrogen-bond acceptors (Lipinski definition) is 3. The first-order valence-electron chi connectivity index (χ1n) is 3.10. The van der Waals surface area contributed by atoms with Gasteiger partial charge < -0.3 is 9.30 Å². The van der Waals surface area contributed by atoms with Gasteiger partial charge in [-0.25, -0.2) is 4.79 Å². The van der Waals surface area contributed by atoms with Crippen LogP contribution in [0.5, 0.6) is 0 Å². The Morgan fingerprint density at radius 1 is 1.64 bits per heavy atom. The minimum Gasteiger partial charge on any atom is -0.444 e. The van der Waals surface area contributed by atoms with E-state index in [1.165, 1.54) is 13.3 Å². The molecule has 0 N–H and O–H groups in total. The van der Waals surface area contributed by atoms with E-state index in [4.69, 9.17) is 6.42 Å². The van der Waals surface area contributed by atoms with E-state index in [2.05, 4.69) is 10.7 Å². The molecule has 0 aliphatic carbocycles. The number of terminal acetylenes is 1. The summed E-state index contributed by atoms with van der Waals surface area (Å²) in [7, 11) is -2.78. The first kappa shape index (κ1) is 10.3. The lowest BCUT2D eigenvalue weighted by Gasteiger charge is -2.09. The van der Waals surface area contributed by atoms with Crippen molar-refractivity contribution in [2.24, 2.45) is 0 Å². The van der Waals surface area contributed by atoms with Crippen molar-refractivity contribution in [1.82, 2.24) is 0 Å². The quantitative estimate of drug-likeness (QED) is 0.473. The average molecular weight is 174 g/mol. The molecular weight excluding hydrogens is 163 g/mol. The van der Waals surface area contributed by atoms with Gasteiger partial charge in [0.25, 0.3) is 0 Å². The predicted molar refractivity (Wildman–Crippen MR) is 44.2 cm³/mol. The smallest absolute Gasteiger partial charge is 0.364 e. The zero-order chi connectivity index (χ0) is 9.07. The molecule has 0 radical (unpaired) electrons. The highest BCUT2D eigenvalue weighted by Crippen LogP contribution is 2.38. The topological polar surface area (TPSA) is 43.4 Å². The molecule has 1 atom stereocenters. The van der Waals surface area contributed by atoms with Crippen LogP contribution in [0.1, 0.15) is 6.92 Å². The molecule has 4 heteroatoms. The molecule has 11 heavy (non-hydrogen) atoms. The second-order valence-electron chi connectivity index (χ2n) is 2.54. The highest BCUT2D eigenvalue weighted by molar-refractivity contribution is 7.78. The standard InChI is InChI=1S/C7H11O3P/c1-5-6(2)10-7(8)11(3,4)9/h1,6H,2-4H3. The van der Waals surface area contributed by atoms with Crippen molar-refractivity contribution < 1.29 is 14.1 Å². The van der Waals surface area contributed by atoms with Crippen LogP contribution in [0.2, 0.25) is 0 Å². The Balaban J connectivity index is 4.13. The van der Waals surface area contributed by atoms with Crippen LogP contribution < -0.4 is 0 Å². The fourth-order valence-corrected chi connectivity index (χ4v) is 0.724. The van der Waals surface area contributed by atoms with Crippen LogP contribution in [0.15, 0.2) is 0 Å². The van der Waals surface area contributed by atoms with Crippen molar-refractivity contribution in [2.45, 2.75) is 13.0 Å². The number of hydrogen-bond donors (Lipinski definition) is 0. The van der Waals surface area contributed by atoms with E-state index < -0.39 is 19.0 Å². The van der Waals surface area contributed by atoms with Gasteiger partial charge in [-0.1, -0.05) is 5.92 Å². The maximum Gasteiger partial charge on any atom is 0.364 e. The number of carbonyl (C=O) groups is 1. The van der Waals surface area contributed by atoms with Gasteiger partial charge in [0.15, 0.2) is 13.2 Å². The molecule has 0 fully saturated rings. The summed E-state index contributed by atoms with van der Waals surface area (Å²) < 4.78 is 15.6. The molecule has 0 heterocycles. The Bertz CT molecular complexity index is 233. The normalized spacial score (nSPS) is 13.3. The van der Waals surface area contributed by atoms with Gasteiger partial charge in [0.1, 0.15) is 0 Å². The van der Waals surface area contributed by atoms with Gasteiger partial charge in [-0.15, -0.1) is 6.42 Å². The molecule has 3 nitrogen and oxygen atoms in total. The molecule has 0 saturated carbocycles. The third-order valence-electron chi connectivity index (χ3n) is 0.952. The summed E-state index contributed by atoms with van der Waals surface area (Å²) in [4.78, 5) is 10.9. The van der Waals surface area contributed by atoms with E-state index in [-0.39, 0.29) is 0 Å². The predicted octanol–water partition coefficient (Wildman–Crippen LogP) is 1.77. The minimum atomic E-state index is -2.78. The molecule has 0 spiro atoms. The van der Waals surface area contributed by atoms with Gasteiger partial charge in [0, 0.05) is 0 Å². The molecule has 0 aliphatic rings. The van der Waals surface area contributed by atoms with Crippen LogP contribution in [-0.2, 0) is 9.30 Å². The highest BCUT2D eigenvalue weighted by atomic mass is 31.2. The lowest BCUT2D eigenvalue weighted by Crippen LogP contribution is -2.10. The van der Waals surface area contributed by atoms with Crippen LogP contribution in [0, 0.1) is 12.3 Å². The van der Waals surface area contributed by atoms with Crippen molar-refractivity contribution in [1.29, 1.82) is 0 Å². The van der Waals surface area contributed by atoms with Crippen molar-refractivity contribution in [3.05, 3.63) is 0 Å². The van der Waals surface area contributed by atoms with Crippen molar-refractivity contribution in [3.8, 4) is 12.3 Å². The van der Waals surface area contributed by atoms with Crippen LogP contribution in [0.25, 0.3) is 0 Å². The minimum absolute atomic E-state index is 0.601. The van der Waals surface area contributed by atoms with Gasteiger partial charge in [-0.3, -0.25) is 0 Å². The van der Waals surface area contributed by atoms with Gasteiger partial charge in [-0.05, 0) is 20.3 Å². The van der Waals surface area contributed by atoms with Crippen LogP contribution in [0.3, 0.4) is 0 Å². The van der Waals surface area contributed by atoms with Gasteiger partial charge >= 0.3 is 5.71 Å². The molecule has 0 aromatic rings. The van der Waals surface area contributed by atoms with Gasteiger partial charge in [0.2, 0.25) is 0 Å². The lowest BCUT2D eigenvalue weighted by atomic mass is 10.4. The van der Waals surface area contributed by atoms with E-state index in [1.54, 1.807) is 6.92 Å². The number of carbonyl (C=O) groups excluding carboxylic acids is 1. The maximum absolute atomic E-state index is 11.0. The van der Waals surface area contributed by atoms with Crippen LogP contribution >= 0.6 is 7.14 Å². The van der Waals surface area contributed by atoms with Crippen LogP contribution in [0.4, 0.5) is 4.79 Å². The van der Waals surface area contributed by atoms with E-state index in [9.17, 15) is 9.36 Å². The van der Waals surface area contributed by atoms with E-state index in [0.29, 0.717) is 0 Å². The second-order valence-corrected chi connectivity index (χ2v) is 5.61. The molecule has 62 valence electrons. The summed E-state index contributed by atoms with van der Waals surface area (Å²) in [5.74, 6) is 2.20. The Morgan fingerprint density at radius 3 is 2.36 bits per heavy atom. The Morgan fingerprint density at radius 2 is 2.09 bits per heavy atom. The molecule has 0 aromatic heterocycles. The molecule has 0 aliphatic heterocycles. The Kier molecular flexibility index (Phi) is 3.35. The monoisotopic (exact) mass is 174 g/mol. The lowest BCUT2D eigenvalue weighted by molar-refractivity contribution is 0.156. The summed E-state index contributed by atoms with van der Waals surface area (Å²) in [6.45, 7) is 4.24. The van der Waals surface area contributed by atoms with Crippen molar-refractivity contribution in [2.75, 3.05) is 13.3 Å². The summed E-state index contributed by atoms with van der Waals surface area (Å²) in [6.07, 6.45) is 4.35. The number of ether oxygens (including phenoxy) is 1. The zero-order valence-corrected chi connectivity index (χ0v) is 7.72. The fourth-order valence-electron chi connectivity index (χ4n) is 0.312. The largest absolute Gasteiger partial charge is 0.444 e. The molecule has 0 aromatic carbocycles. The van der Waals surface area contributed by atoms with E-state index in [1.807, 2.05) is 0 Å². The van der Waals surface area contributed by atoms with Crippen molar-refractivity contribution in [3.63, 3.8) is 0 Å². The second kappa shape index (κ2) is 3.59. The van der Waals surface area contributed by atoms with Gasteiger partial charge in [-0.2, -0.15) is 0 Å². The first-order chi connectivity index (χ1) is 4.88. The third-order valence-corrected chi connectivity index (χ3v) is 1.94. The van der Waals surface area contributed by atoms with E-state index in [0.717, 1.165) is 0 Å². The molecule has 0 bridgehead atoms. The summed E-state index contributed by atoms with van der Waals surface area (Å²) in [5.41, 5.74) is -0.706. The molecular formula is C7H11O3P. The SMILES string of the molecule is C#CC(C)OC(=O)P(C)(C)=O. The number of rotatable bonds is 2. The molecule has 1 unspecified atom stereocenters.